The summed E-state index contributed by atoms with van der Waals surface area (Å²) in [5.74, 6) is 1.26. The van der Waals surface area contributed by atoms with Gasteiger partial charge in [-0.25, -0.2) is 0 Å². The maximum atomic E-state index is 12.3. The molecule has 18 heavy (non-hydrogen) atoms. The van der Waals surface area contributed by atoms with E-state index in [1.165, 1.54) is 0 Å². The molecule has 0 amide bonds. The Morgan fingerprint density at radius 2 is 1.83 bits per heavy atom. The summed E-state index contributed by atoms with van der Waals surface area (Å²) in [6, 6.07) is 3.50. The molecule has 0 fully saturated rings. The number of hydrogen-bond acceptors (Lipinski definition) is 3. The van der Waals surface area contributed by atoms with Gasteiger partial charge in [0, 0.05) is 17.0 Å². The molecule has 0 aliphatic heterocycles. The Bertz CT molecular complexity index is 447. The molecule has 0 bridgehead atoms. The number of Topliss-reactive ketones (excluding diaryl/α,β-unsaturated/α-hetero) is 1. The van der Waals surface area contributed by atoms with E-state index in [1.54, 1.807) is 26.4 Å². The lowest BCUT2D eigenvalue weighted by Gasteiger charge is -2.19. The van der Waals surface area contributed by atoms with Gasteiger partial charge in [-0.1, -0.05) is 20.8 Å². The third-order valence-electron chi connectivity index (χ3n) is 2.45. The number of methoxy groups -OCH3 is 2. The topological polar surface area (TPSA) is 35.5 Å². The van der Waals surface area contributed by atoms with Gasteiger partial charge in [0.25, 0.3) is 0 Å². The largest absolute Gasteiger partial charge is 0.497 e. The van der Waals surface area contributed by atoms with Gasteiger partial charge in [-0.3, -0.25) is 4.79 Å². The van der Waals surface area contributed by atoms with Crippen molar-refractivity contribution in [2.75, 3.05) is 14.2 Å². The van der Waals surface area contributed by atoms with E-state index < -0.39 is 0 Å². The van der Waals surface area contributed by atoms with Gasteiger partial charge >= 0.3 is 0 Å². The summed E-state index contributed by atoms with van der Waals surface area (Å²) in [6.07, 6.45) is 0.467. The molecule has 0 heterocycles. The van der Waals surface area contributed by atoms with E-state index in [4.69, 9.17) is 9.47 Å². The van der Waals surface area contributed by atoms with Crippen LogP contribution in [0.15, 0.2) is 16.6 Å². The number of carbonyl (C=O) groups is 1. The molecule has 1 aromatic carbocycles. The van der Waals surface area contributed by atoms with E-state index in [0.717, 1.165) is 0 Å². The summed E-state index contributed by atoms with van der Waals surface area (Å²) in [6.45, 7) is 6.11. The normalized spacial score (nSPS) is 11.2. The summed E-state index contributed by atoms with van der Waals surface area (Å²) < 4.78 is 11.1. The fourth-order valence-corrected chi connectivity index (χ4v) is 2.32. The monoisotopic (exact) mass is 314 g/mol. The minimum absolute atomic E-state index is 0.0541. The molecule has 1 rings (SSSR count). The van der Waals surface area contributed by atoms with Crippen LogP contribution >= 0.6 is 15.9 Å². The number of halogens is 1. The molecule has 100 valence electrons. The molecule has 0 spiro atoms. The first-order chi connectivity index (χ1) is 8.28. The van der Waals surface area contributed by atoms with E-state index >= 15 is 0 Å². The van der Waals surface area contributed by atoms with Crippen molar-refractivity contribution in [3.63, 3.8) is 0 Å². The lowest BCUT2D eigenvalue weighted by molar-refractivity contribution is 0.0936. The molecule has 0 atom stereocenters. The van der Waals surface area contributed by atoms with Crippen LogP contribution in [-0.4, -0.2) is 20.0 Å². The van der Waals surface area contributed by atoms with Crippen LogP contribution in [0.5, 0.6) is 11.5 Å². The number of ether oxygens (including phenoxy) is 2. The molecular weight excluding hydrogens is 296 g/mol. The van der Waals surface area contributed by atoms with Crippen LogP contribution in [0.1, 0.15) is 37.6 Å². The fraction of sp³-hybridized carbons (Fsp3) is 0.500. The molecule has 4 heteroatoms. The van der Waals surface area contributed by atoms with Gasteiger partial charge in [-0.15, -0.1) is 0 Å². The zero-order chi connectivity index (χ0) is 13.9. The highest BCUT2D eigenvalue weighted by Crippen LogP contribution is 2.35. The van der Waals surface area contributed by atoms with Gasteiger partial charge in [0.05, 0.1) is 19.8 Å². The van der Waals surface area contributed by atoms with Crippen LogP contribution in [0.2, 0.25) is 0 Å². The Morgan fingerprint density at radius 1 is 1.22 bits per heavy atom. The summed E-state index contributed by atoms with van der Waals surface area (Å²) in [4.78, 5) is 12.3. The summed E-state index contributed by atoms with van der Waals surface area (Å²) in [5, 5.41) is 0. The lowest BCUT2D eigenvalue weighted by Crippen LogP contribution is -2.14. The van der Waals surface area contributed by atoms with Crippen molar-refractivity contribution >= 4 is 21.7 Å². The summed E-state index contributed by atoms with van der Waals surface area (Å²) >= 11 is 3.41. The molecule has 0 saturated heterocycles. The molecule has 0 unspecified atom stereocenters. The molecule has 0 aliphatic rings. The first-order valence-electron chi connectivity index (χ1n) is 5.73. The first kappa shape index (κ1) is 15.0. The third kappa shape index (κ3) is 3.73. The zero-order valence-corrected chi connectivity index (χ0v) is 13.1. The minimum atomic E-state index is -0.0541. The van der Waals surface area contributed by atoms with Gasteiger partial charge in [0.15, 0.2) is 5.78 Å². The van der Waals surface area contributed by atoms with E-state index in [0.29, 0.717) is 28.0 Å². The molecule has 1 aromatic rings. The lowest BCUT2D eigenvalue weighted by atomic mass is 9.87. The maximum Gasteiger partial charge on any atom is 0.168 e. The van der Waals surface area contributed by atoms with E-state index in [2.05, 4.69) is 15.9 Å². The molecule has 3 nitrogen and oxygen atoms in total. The molecule has 0 aliphatic carbocycles. The van der Waals surface area contributed by atoms with Gasteiger partial charge in [0.2, 0.25) is 0 Å². The highest BCUT2D eigenvalue weighted by atomic mass is 79.9. The third-order valence-corrected chi connectivity index (χ3v) is 3.08. The predicted octanol–water partition coefficient (Wildman–Crippen LogP) is 4.09. The predicted molar refractivity (Wildman–Crippen MR) is 75.6 cm³/mol. The van der Waals surface area contributed by atoms with Crippen LogP contribution in [0.3, 0.4) is 0 Å². The van der Waals surface area contributed by atoms with Gasteiger partial charge < -0.3 is 9.47 Å². The van der Waals surface area contributed by atoms with Crippen LogP contribution in [0.25, 0.3) is 0 Å². The Labute approximate surface area is 117 Å². The van der Waals surface area contributed by atoms with Gasteiger partial charge in [-0.05, 0) is 27.4 Å². The van der Waals surface area contributed by atoms with Crippen molar-refractivity contribution in [1.82, 2.24) is 0 Å². The fourth-order valence-electron chi connectivity index (χ4n) is 1.68. The molecular formula is C14H19BrO3. The van der Waals surface area contributed by atoms with Crippen LogP contribution in [0.4, 0.5) is 0 Å². The smallest absolute Gasteiger partial charge is 0.168 e. The Kier molecular flexibility index (Phi) is 4.79. The minimum Gasteiger partial charge on any atom is -0.497 e. The van der Waals surface area contributed by atoms with Crippen molar-refractivity contribution in [1.29, 1.82) is 0 Å². The number of carbonyl (C=O) groups excluding carboxylic acids is 1. The second-order valence-electron chi connectivity index (χ2n) is 5.35. The second kappa shape index (κ2) is 5.74. The first-order valence-corrected chi connectivity index (χ1v) is 6.52. The number of hydrogen-bond donors (Lipinski definition) is 0. The van der Waals surface area contributed by atoms with Crippen LogP contribution < -0.4 is 9.47 Å². The highest BCUT2D eigenvalue weighted by Gasteiger charge is 2.23. The van der Waals surface area contributed by atoms with E-state index in [9.17, 15) is 4.79 Å². The van der Waals surface area contributed by atoms with E-state index in [1.807, 2.05) is 20.8 Å². The summed E-state index contributed by atoms with van der Waals surface area (Å²) in [7, 11) is 3.13. The van der Waals surface area contributed by atoms with Gasteiger partial charge in [-0.2, -0.15) is 0 Å². The van der Waals surface area contributed by atoms with Crippen molar-refractivity contribution < 1.29 is 14.3 Å². The average molecular weight is 315 g/mol. The van der Waals surface area contributed by atoms with Crippen molar-refractivity contribution in [3.8, 4) is 11.5 Å². The number of rotatable bonds is 4. The summed E-state index contributed by atoms with van der Waals surface area (Å²) in [5.41, 5.74) is 0.523. The standard InChI is InChI=1S/C14H19BrO3/c1-14(2,3)8-11(16)13-10(15)6-9(17-4)7-12(13)18-5/h6-7H,8H2,1-5H3. The van der Waals surface area contributed by atoms with E-state index in [-0.39, 0.29) is 11.2 Å². The van der Waals surface area contributed by atoms with Crippen LogP contribution in [0, 0.1) is 5.41 Å². The highest BCUT2D eigenvalue weighted by molar-refractivity contribution is 9.10. The molecule has 0 saturated carbocycles. The quantitative estimate of drug-likeness (QED) is 0.785. The van der Waals surface area contributed by atoms with Crippen molar-refractivity contribution in [2.45, 2.75) is 27.2 Å². The Morgan fingerprint density at radius 3 is 2.28 bits per heavy atom. The van der Waals surface area contributed by atoms with Crippen LogP contribution in [-0.2, 0) is 0 Å². The van der Waals surface area contributed by atoms with Crippen molar-refractivity contribution in [3.05, 3.63) is 22.2 Å². The zero-order valence-electron chi connectivity index (χ0n) is 11.5. The average Bonchev–Trinajstić information content (AvgIpc) is 2.24. The Balaban J connectivity index is 3.19. The number of benzene rings is 1. The molecule has 0 radical (unpaired) electrons. The SMILES string of the molecule is COc1cc(Br)c(C(=O)CC(C)(C)C)c(OC)c1. The number of ketones is 1. The Hall–Kier alpha value is -1.03. The van der Waals surface area contributed by atoms with Crippen molar-refractivity contribution in [2.24, 2.45) is 5.41 Å². The maximum absolute atomic E-state index is 12.3. The molecule has 0 aromatic heterocycles. The molecule has 0 N–H and O–H groups in total. The second-order valence-corrected chi connectivity index (χ2v) is 6.20. The van der Waals surface area contributed by atoms with Gasteiger partial charge in [0.1, 0.15) is 11.5 Å².